The van der Waals surface area contributed by atoms with Gasteiger partial charge in [0.25, 0.3) is 0 Å². The maximum atomic E-state index is 9.76. The van der Waals surface area contributed by atoms with Crippen LogP contribution in [0.3, 0.4) is 0 Å². The highest BCUT2D eigenvalue weighted by molar-refractivity contribution is 5.40. The molecule has 4 nitrogen and oxygen atoms in total. The molecule has 1 aliphatic rings. The fraction of sp³-hybridized carbons (Fsp3) is 0.571. The Morgan fingerprint density at radius 2 is 2.11 bits per heavy atom. The molecule has 0 aliphatic heterocycles. The molecular formula is C14H22N2O2. The molecule has 1 aromatic rings. The van der Waals surface area contributed by atoms with Crippen molar-refractivity contribution in [3.8, 4) is 11.5 Å². The molecular weight excluding hydrogens is 228 g/mol. The van der Waals surface area contributed by atoms with Crippen LogP contribution in [0.5, 0.6) is 11.5 Å². The highest BCUT2D eigenvalue weighted by Gasteiger charge is 2.25. The van der Waals surface area contributed by atoms with Crippen molar-refractivity contribution in [3.63, 3.8) is 0 Å². The van der Waals surface area contributed by atoms with Crippen LogP contribution in [0.4, 0.5) is 0 Å². The molecule has 1 unspecified atom stereocenters. The summed E-state index contributed by atoms with van der Waals surface area (Å²) in [5, 5.41) is 22.4. The van der Waals surface area contributed by atoms with Gasteiger partial charge in [-0.15, -0.1) is 0 Å². The molecule has 0 bridgehead atoms. The van der Waals surface area contributed by atoms with Crippen LogP contribution in [-0.4, -0.2) is 41.3 Å². The molecule has 18 heavy (non-hydrogen) atoms. The lowest BCUT2D eigenvalue weighted by molar-refractivity contribution is 0.315. The van der Waals surface area contributed by atoms with Crippen molar-refractivity contribution in [3.05, 3.63) is 23.8 Å². The van der Waals surface area contributed by atoms with Crippen molar-refractivity contribution in [2.24, 2.45) is 0 Å². The van der Waals surface area contributed by atoms with Gasteiger partial charge in [0.15, 0.2) is 0 Å². The van der Waals surface area contributed by atoms with Gasteiger partial charge >= 0.3 is 0 Å². The second kappa shape index (κ2) is 5.59. The van der Waals surface area contributed by atoms with E-state index in [0.29, 0.717) is 0 Å². The molecule has 2 rings (SSSR count). The van der Waals surface area contributed by atoms with E-state index >= 15 is 0 Å². The lowest BCUT2D eigenvalue weighted by atomic mass is 10.1. The first kappa shape index (κ1) is 13.2. The summed E-state index contributed by atoms with van der Waals surface area (Å²) in [6, 6.07) is 5.60. The van der Waals surface area contributed by atoms with Gasteiger partial charge in [0.1, 0.15) is 11.5 Å². The smallest absolute Gasteiger partial charge is 0.124 e. The number of benzene rings is 1. The van der Waals surface area contributed by atoms with Gasteiger partial charge in [0, 0.05) is 36.8 Å². The quantitative estimate of drug-likeness (QED) is 0.721. The van der Waals surface area contributed by atoms with Gasteiger partial charge in [-0.3, -0.25) is 0 Å². The summed E-state index contributed by atoms with van der Waals surface area (Å²) >= 11 is 0. The number of likely N-dealkylation sites (N-methyl/N-ethyl adjacent to an activating group) is 1. The highest BCUT2D eigenvalue weighted by Crippen LogP contribution is 2.28. The van der Waals surface area contributed by atoms with Gasteiger partial charge in [-0.25, -0.2) is 0 Å². The molecule has 0 heterocycles. The van der Waals surface area contributed by atoms with Gasteiger partial charge in [-0.1, -0.05) is 6.07 Å². The normalized spacial score (nSPS) is 17.1. The maximum Gasteiger partial charge on any atom is 0.124 e. The number of phenolic OH excluding ortho intramolecular Hbond substituents is 2. The van der Waals surface area contributed by atoms with Gasteiger partial charge < -0.3 is 20.4 Å². The van der Waals surface area contributed by atoms with Crippen LogP contribution in [0.25, 0.3) is 0 Å². The standard InChI is InChI=1S/C14H22N2O2/c1-10(13-6-5-12(17)9-14(13)18)15-7-8-16(2)11-3-4-11/h5-6,9-11,15,17-18H,3-4,7-8H2,1-2H3. The molecule has 1 fully saturated rings. The van der Waals surface area contributed by atoms with Crippen molar-refractivity contribution >= 4 is 0 Å². The number of hydrogen-bond acceptors (Lipinski definition) is 4. The van der Waals surface area contributed by atoms with Crippen molar-refractivity contribution in [1.29, 1.82) is 0 Å². The number of aromatic hydroxyl groups is 2. The molecule has 0 aromatic heterocycles. The van der Waals surface area contributed by atoms with Crippen LogP contribution in [0, 0.1) is 0 Å². The minimum absolute atomic E-state index is 0.0817. The summed E-state index contributed by atoms with van der Waals surface area (Å²) in [6.45, 7) is 3.94. The van der Waals surface area contributed by atoms with Crippen LogP contribution in [0.15, 0.2) is 18.2 Å². The average molecular weight is 250 g/mol. The van der Waals surface area contributed by atoms with Crippen LogP contribution in [0.1, 0.15) is 31.4 Å². The Labute approximate surface area is 108 Å². The van der Waals surface area contributed by atoms with E-state index in [2.05, 4.69) is 17.3 Å². The molecule has 100 valence electrons. The van der Waals surface area contributed by atoms with E-state index in [4.69, 9.17) is 0 Å². The third-order valence-corrected chi connectivity index (χ3v) is 3.57. The predicted molar refractivity (Wildman–Crippen MR) is 71.8 cm³/mol. The summed E-state index contributed by atoms with van der Waals surface area (Å²) in [5.74, 6) is 0.238. The van der Waals surface area contributed by atoms with Crippen LogP contribution < -0.4 is 5.32 Å². The Hall–Kier alpha value is -1.26. The van der Waals surface area contributed by atoms with E-state index in [-0.39, 0.29) is 17.5 Å². The molecule has 3 N–H and O–H groups in total. The van der Waals surface area contributed by atoms with E-state index in [1.54, 1.807) is 12.1 Å². The molecule has 0 amide bonds. The van der Waals surface area contributed by atoms with Crippen LogP contribution >= 0.6 is 0 Å². The molecule has 4 heteroatoms. The predicted octanol–water partition coefficient (Wildman–Crippen LogP) is 1.84. The van der Waals surface area contributed by atoms with Gasteiger partial charge in [-0.05, 0) is 32.9 Å². The van der Waals surface area contributed by atoms with E-state index in [0.717, 1.165) is 24.7 Å². The molecule has 1 saturated carbocycles. The Kier molecular flexibility index (Phi) is 4.09. The zero-order valence-corrected chi connectivity index (χ0v) is 11.1. The zero-order chi connectivity index (χ0) is 13.1. The molecule has 1 atom stereocenters. The van der Waals surface area contributed by atoms with Gasteiger partial charge in [-0.2, -0.15) is 0 Å². The average Bonchev–Trinajstić information content (AvgIpc) is 3.12. The largest absolute Gasteiger partial charge is 0.508 e. The van der Waals surface area contributed by atoms with Crippen molar-refractivity contribution in [2.45, 2.75) is 31.8 Å². The molecule has 0 saturated heterocycles. The fourth-order valence-corrected chi connectivity index (χ4v) is 2.16. The van der Waals surface area contributed by atoms with E-state index in [9.17, 15) is 10.2 Å². The van der Waals surface area contributed by atoms with Crippen LogP contribution in [0.2, 0.25) is 0 Å². The van der Waals surface area contributed by atoms with Gasteiger partial charge in [0.05, 0.1) is 0 Å². The summed E-state index contributed by atoms with van der Waals surface area (Å²) in [6.07, 6.45) is 2.65. The number of nitrogens with zero attached hydrogens (tertiary/aromatic N) is 1. The van der Waals surface area contributed by atoms with E-state index in [1.807, 2.05) is 6.92 Å². The molecule has 1 aliphatic carbocycles. The van der Waals surface area contributed by atoms with Crippen LogP contribution in [-0.2, 0) is 0 Å². The number of nitrogens with one attached hydrogen (secondary N) is 1. The molecule has 1 aromatic carbocycles. The van der Waals surface area contributed by atoms with E-state index < -0.39 is 0 Å². The summed E-state index contributed by atoms with van der Waals surface area (Å²) in [4.78, 5) is 2.37. The first-order valence-electron chi connectivity index (χ1n) is 6.53. The Bertz CT molecular complexity index is 405. The number of phenols is 2. The number of hydrogen-bond donors (Lipinski definition) is 3. The molecule has 0 spiro atoms. The fourth-order valence-electron chi connectivity index (χ4n) is 2.16. The summed E-state index contributed by atoms with van der Waals surface area (Å²) < 4.78 is 0. The lowest BCUT2D eigenvalue weighted by Crippen LogP contribution is -2.31. The Balaban J connectivity index is 1.81. The van der Waals surface area contributed by atoms with Crippen molar-refractivity contribution in [2.75, 3.05) is 20.1 Å². The SMILES string of the molecule is CC(NCCN(C)C1CC1)c1ccc(O)cc1O. The first-order chi connectivity index (χ1) is 8.58. The first-order valence-corrected chi connectivity index (χ1v) is 6.53. The van der Waals surface area contributed by atoms with Crippen molar-refractivity contribution < 1.29 is 10.2 Å². The lowest BCUT2D eigenvalue weighted by Gasteiger charge is -2.19. The maximum absolute atomic E-state index is 9.76. The minimum atomic E-state index is 0.0817. The van der Waals surface area contributed by atoms with E-state index in [1.165, 1.54) is 18.9 Å². The second-order valence-corrected chi connectivity index (χ2v) is 5.13. The zero-order valence-electron chi connectivity index (χ0n) is 11.1. The second-order valence-electron chi connectivity index (χ2n) is 5.13. The minimum Gasteiger partial charge on any atom is -0.508 e. The topological polar surface area (TPSA) is 55.7 Å². The third-order valence-electron chi connectivity index (χ3n) is 3.57. The third kappa shape index (κ3) is 3.37. The highest BCUT2D eigenvalue weighted by atomic mass is 16.3. The monoisotopic (exact) mass is 250 g/mol. The van der Waals surface area contributed by atoms with Gasteiger partial charge in [0.2, 0.25) is 0 Å². The Morgan fingerprint density at radius 3 is 2.72 bits per heavy atom. The molecule has 0 radical (unpaired) electrons. The number of rotatable bonds is 6. The Morgan fingerprint density at radius 1 is 1.39 bits per heavy atom. The van der Waals surface area contributed by atoms with Crippen molar-refractivity contribution in [1.82, 2.24) is 10.2 Å². The summed E-state index contributed by atoms with van der Waals surface area (Å²) in [5.41, 5.74) is 0.821. The summed E-state index contributed by atoms with van der Waals surface area (Å²) in [7, 11) is 2.15.